The number of hydrogen-bond acceptors (Lipinski definition) is 5. The van der Waals surface area contributed by atoms with Crippen LogP contribution >= 0.6 is 0 Å². The van der Waals surface area contributed by atoms with Crippen LogP contribution in [0.2, 0.25) is 0 Å². The second kappa shape index (κ2) is 6.74. The molecule has 0 radical (unpaired) electrons. The molecule has 0 fully saturated rings. The van der Waals surface area contributed by atoms with Gasteiger partial charge in [-0.05, 0) is 17.7 Å². The molecule has 0 spiro atoms. The topological polar surface area (TPSA) is 74.4 Å². The Morgan fingerprint density at radius 2 is 1.90 bits per heavy atom. The van der Waals surface area contributed by atoms with E-state index < -0.39 is 0 Å². The van der Waals surface area contributed by atoms with E-state index in [1.807, 2.05) is 24.3 Å². The Kier molecular flexibility index (Phi) is 4.77. The number of ketones is 1. The molecule has 0 saturated heterocycles. The number of nitrogens with zero attached hydrogens (tertiary/aromatic N) is 1. The number of carbonyl (C=O) groups excluding carboxylic acids is 1. The van der Waals surface area contributed by atoms with Crippen LogP contribution in [0.25, 0.3) is 0 Å². The normalized spacial score (nSPS) is 10.2. The Morgan fingerprint density at radius 3 is 2.52 bits per heavy atom. The number of anilines is 1. The molecule has 0 aliphatic carbocycles. The maximum absolute atomic E-state index is 11.7. The number of Topliss-reactive ketones (excluding diaryl/α,β-unsaturated/α-hetero) is 1. The summed E-state index contributed by atoms with van der Waals surface area (Å²) in [6.45, 7) is 2.16. The van der Waals surface area contributed by atoms with Gasteiger partial charge in [0.15, 0.2) is 5.78 Å². The average Bonchev–Trinajstić information content (AvgIpc) is 2.52. The van der Waals surface area contributed by atoms with Crippen LogP contribution in [0.15, 0.2) is 36.4 Å². The van der Waals surface area contributed by atoms with Crippen LogP contribution in [-0.2, 0) is 6.61 Å². The van der Waals surface area contributed by atoms with Crippen molar-refractivity contribution in [2.45, 2.75) is 20.0 Å². The summed E-state index contributed by atoms with van der Waals surface area (Å²) in [4.78, 5) is 15.7. The van der Waals surface area contributed by atoms with Gasteiger partial charge < -0.3 is 15.2 Å². The van der Waals surface area contributed by atoms with Crippen LogP contribution in [0.1, 0.15) is 29.4 Å². The van der Waals surface area contributed by atoms with Gasteiger partial charge in [0.2, 0.25) is 0 Å². The highest BCUT2D eigenvalue weighted by molar-refractivity contribution is 5.94. The lowest BCUT2D eigenvalue weighted by Crippen LogP contribution is -2.05. The number of aromatic nitrogens is 1. The zero-order valence-corrected chi connectivity index (χ0v) is 12.1. The van der Waals surface area contributed by atoms with Crippen LogP contribution in [0.3, 0.4) is 0 Å². The predicted octanol–water partition coefficient (Wildman–Crippen LogP) is 2.84. The van der Waals surface area contributed by atoms with Crippen molar-refractivity contribution >= 4 is 11.6 Å². The minimum atomic E-state index is -0.0587. The Labute approximate surface area is 123 Å². The third-order valence-corrected chi connectivity index (χ3v) is 2.99. The Morgan fingerprint density at radius 1 is 1.19 bits per heavy atom. The molecule has 5 heteroatoms. The third kappa shape index (κ3) is 3.95. The number of pyridine rings is 1. The molecule has 21 heavy (non-hydrogen) atoms. The van der Waals surface area contributed by atoms with Gasteiger partial charge in [-0.3, -0.25) is 4.79 Å². The van der Waals surface area contributed by atoms with E-state index in [9.17, 15) is 4.79 Å². The van der Waals surface area contributed by atoms with Gasteiger partial charge in [0.05, 0.1) is 7.11 Å². The van der Waals surface area contributed by atoms with Crippen molar-refractivity contribution in [1.82, 2.24) is 4.98 Å². The first-order valence-electron chi connectivity index (χ1n) is 6.69. The third-order valence-electron chi connectivity index (χ3n) is 2.99. The summed E-state index contributed by atoms with van der Waals surface area (Å²) < 4.78 is 10.8. The van der Waals surface area contributed by atoms with E-state index >= 15 is 0 Å². The molecule has 5 nitrogen and oxygen atoms in total. The highest BCUT2D eigenvalue weighted by atomic mass is 16.5. The van der Waals surface area contributed by atoms with Crippen LogP contribution in [0.5, 0.6) is 11.5 Å². The van der Waals surface area contributed by atoms with E-state index in [1.165, 1.54) is 0 Å². The van der Waals surface area contributed by atoms with E-state index in [0.717, 1.165) is 11.3 Å². The summed E-state index contributed by atoms with van der Waals surface area (Å²) in [5, 5.41) is 0. The number of rotatable bonds is 6. The number of benzene rings is 1. The van der Waals surface area contributed by atoms with Crippen molar-refractivity contribution in [2.75, 3.05) is 12.8 Å². The number of nitrogens with two attached hydrogens (primary N) is 1. The first-order chi connectivity index (χ1) is 10.1. The first kappa shape index (κ1) is 14.8. The number of carbonyl (C=O) groups is 1. The molecule has 1 aromatic heterocycles. The van der Waals surface area contributed by atoms with Gasteiger partial charge in [-0.15, -0.1) is 0 Å². The fourth-order valence-electron chi connectivity index (χ4n) is 1.82. The summed E-state index contributed by atoms with van der Waals surface area (Å²) in [6.07, 6.45) is 0.383. The molecular formula is C16H18N2O3. The lowest BCUT2D eigenvalue weighted by atomic mass is 10.2. The van der Waals surface area contributed by atoms with Crippen LogP contribution < -0.4 is 15.2 Å². The molecule has 0 unspecified atom stereocenters. The van der Waals surface area contributed by atoms with Gasteiger partial charge in [-0.1, -0.05) is 19.1 Å². The maximum atomic E-state index is 11.7. The molecule has 1 aromatic carbocycles. The lowest BCUT2D eigenvalue weighted by Gasteiger charge is -2.09. The van der Waals surface area contributed by atoms with Gasteiger partial charge >= 0.3 is 0 Å². The predicted molar refractivity (Wildman–Crippen MR) is 80.6 cm³/mol. The van der Waals surface area contributed by atoms with Crippen LogP contribution in [0.4, 0.5) is 5.82 Å². The zero-order valence-electron chi connectivity index (χ0n) is 12.1. The zero-order chi connectivity index (χ0) is 15.2. The largest absolute Gasteiger partial charge is 0.497 e. The van der Waals surface area contributed by atoms with Crippen molar-refractivity contribution in [1.29, 1.82) is 0 Å². The summed E-state index contributed by atoms with van der Waals surface area (Å²) in [5.41, 5.74) is 7.03. The summed E-state index contributed by atoms with van der Waals surface area (Å²) in [6, 6.07) is 10.8. The molecule has 0 amide bonds. The fourth-order valence-corrected chi connectivity index (χ4v) is 1.82. The van der Waals surface area contributed by atoms with Crippen molar-refractivity contribution in [2.24, 2.45) is 0 Å². The Hall–Kier alpha value is -2.56. The van der Waals surface area contributed by atoms with Crippen LogP contribution in [0, 0.1) is 0 Å². The van der Waals surface area contributed by atoms with E-state index in [2.05, 4.69) is 4.98 Å². The number of methoxy groups -OCH3 is 1. The van der Waals surface area contributed by atoms with Crippen LogP contribution in [-0.4, -0.2) is 17.9 Å². The number of hydrogen-bond donors (Lipinski definition) is 1. The number of nitrogen functional groups attached to an aromatic ring is 1. The van der Waals surface area contributed by atoms with E-state index in [-0.39, 0.29) is 11.6 Å². The molecule has 0 aliphatic rings. The monoisotopic (exact) mass is 286 g/mol. The SMILES string of the molecule is CCC(=O)c1cc(OCc2ccc(OC)cc2)cc(N)n1. The van der Waals surface area contributed by atoms with Crippen molar-refractivity contribution in [3.05, 3.63) is 47.7 Å². The van der Waals surface area contributed by atoms with Gasteiger partial charge in [0.25, 0.3) is 0 Å². The smallest absolute Gasteiger partial charge is 0.181 e. The number of ether oxygens (including phenoxy) is 2. The van der Waals surface area contributed by atoms with Crippen molar-refractivity contribution in [3.63, 3.8) is 0 Å². The lowest BCUT2D eigenvalue weighted by molar-refractivity contribution is 0.0983. The summed E-state index contributed by atoms with van der Waals surface area (Å²) >= 11 is 0. The van der Waals surface area contributed by atoms with Gasteiger partial charge in [-0.25, -0.2) is 4.98 Å². The molecule has 2 N–H and O–H groups in total. The highest BCUT2D eigenvalue weighted by Gasteiger charge is 2.08. The molecule has 0 bridgehead atoms. The summed E-state index contributed by atoms with van der Waals surface area (Å²) in [7, 11) is 1.62. The minimum Gasteiger partial charge on any atom is -0.497 e. The molecule has 110 valence electrons. The average molecular weight is 286 g/mol. The first-order valence-corrected chi connectivity index (χ1v) is 6.69. The molecular weight excluding hydrogens is 268 g/mol. The Balaban J connectivity index is 2.08. The second-order valence-electron chi connectivity index (χ2n) is 4.53. The fraction of sp³-hybridized carbons (Fsp3) is 0.250. The van der Waals surface area contributed by atoms with E-state index in [0.29, 0.717) is 24.5 Å². The summed E-state index contributed by atoms with van der Waals surface area (Å²) in [5.74, 6) is 1.55. The molecule has 0 aliphatic heterocycles. The van der Waals surface area contributed by atoms with E-state index in [1.54, 1.807) is 26.2 Å². The highest BCUT2D eigenvalue weighted by Crippen LogP contribution is 2.19. The molecule has 0 atom stereocenters. The second-order valence-corrected chi connectivity index (χ2v) is 4.53. The molecule has 2 rings (SSSR count). The quantitative estimate of drug-likeness (QED) is 0.826. The minimum absolute atomic E-state index is 0.0587. The van der Waals surface area contributed by atoms with Crippen molar-refractivity contribution in [3.8, 4) is 11.5 Å². The van der Waals surface area contributed by atoms with Gasteiger partial charge in [-0.2, -0.15) is 0 Å². The molecule has 0 saturated carbocycles. The van der Waals surface area contributed by atoms with E-state index in [4.69, 9.17) is 15.2 Å². The van der Waals surface area contributed by atoms with Crippen molar-refractivity contribution < 1.29 is 14.3 Å². The Bertz CT molecular complexity index is 624. The molecule has 1 heterocycles. The standard InChI is InChI=1S/C16H18N2O3/c1-3-15(19)14-8-13(9-16(17)18-14)21-10-11-4-6-12(20-2)7-5-11/h4-9H,3,10H2,1-2H3,(H2,17,18). The van der Waals surface area contributed by atoms with Gasteiger partial charge in [0, 0.05) is 18.6 Å². The van der Waals surface area contributed by atoms with Gasteiger partial charge in [0.1, 0.15) is 29.6 Å². The molecule has 2 aromatic rings. The maximum Gasteiger partial charge on any atom is 0.181 e.